The molecule has 1 fully saturated rings. The maximum absolute atomic E-state index is 15.2. The highest BCUT2D eigenvalue weighted by atomic mass is 79.9. The number of nitrogens with one attached hydrogen (secondary N) is 5. The zero-order valence-electron chi connectivity index (χ0n) is 62.7. The van der Waals surface area contributed by atoms with Gasteiger partial charge in [0, 0.05) is 112 Å². The van der Waals surface area contributed by atoms with Gasteiger partial charge in [0.2, 0.25) is 17.7 Å². The van der Waals surface area contributed by atoms with E-state index in [1.807, 2.05) is 0 Å². The van der Waals surface area contributed by atoms with Crippen LogP contribution < -0.4 is 26.6 Å². The molecular weight excluding hydrogens is 1780 g/mol. The molecule has 118 heavy (non-hydrogen) atoms. The average molecular weight is 1880 g/mol. The first-order valence-electron chi connectivity index (χ1n) is 36.0. The average Bonchev–Trinajstić information content (AvgIpc) is 0.753. The molecule has 1 aliphatic rings. The van der Waals surface area contributed by atoms with Crippen molar-refractivity contribution >= 4 is 130 Å². The molecule has 0 spiro atoms. The third-order valence-electron chi connectivity index (χ3n) is 18.5. The van der Waals surface area contributed by atoms with E-state index >= 15 is 9.59 Å². The number of amides is 7. The summed E-state index contributed by atoms with van der Waals surface area (Å²) in [5, 5.41) is 260. The molecule has 0 bridgehead atoms. The molecule has 46 nitrogen and oxygen atoms in total. The third kappa shape index (κ3) is 31.4. The molecule has 1 saturated heterocycles. The summed E-state index contributed by atoms with van der Waals surface area (Å²) in [6.45, 7) is -12.7. The van der Waals surface area contributed by atoms with Gasteiger partial charge in [-0.15, -0.1) is 0 Å². The van der Waals surface area contributed by atoms with Crippen molar-refractivity contribution in [1.82, 2.24) is 40.0 Å². The van der Waals surface area contributed by atoms with Gasteiger partial charge in [-0.3, -0.25) is 72.3 Å². The molecule has 0 aliphatic carbocycles. The van der Waals surface area contributed by atoms with Crippen molar-refractivity contribution < 1.29 is 175 Å². The van der Waals surface area contributed by atoms with Crippen LogP contribution in [0.2, 0.25) is 0 Å². The normalized spacial score (nSPS) is 18.0. The third-order valence-corrected chi connectivity index (χ3v) is 20.9. The number of hydrogen-bond donors (Lipinski definition) is 29. The van der Waals surface area contributed by atoms with Gasteiger partial charge in [0.15, 0.2) is 0 Å². The van der Waals surface area contributed by atoms with Crippen LogP contribution in [0.5, 0.6) is 0 Å². The lowest BCUT2D eigenvalue weighted by atomic mass is 9.99. The Hall–Kier alpha value is -7.69. The Morgan fingerprint density at radius 2 is 0.661 bits per heavy atom. The Kier molecular flexibility index (Phi) is 43.4. The van der Waals surface area contributed by atoms with Crippen LogP contribution in [0.4, 0.5) is 17.1 Å². The number of rotatable bonds is 46. The quantitative estimate of drug-likeness (QED) is 0.0250. The minimum Gasteiger partial charge on any atom is -0.480 e. The van der Waals surface area contributed by atoms with Crippen molar-refractivity contribution in [3.8, 4) is 0 Å². The van der Waals surface area contributed by atoms with Crippen LogP contribution in [-0.2, 0) is 33.6 Å². The van der Waals surface area contributed by atoms with E-state index in [1.165, 1.54) is 68.1 Å². The van der Waals surface area contributed by atoms with Gasteiger partial charge in [-0.05, 0) is 103 Å². The first kappa shape index (κ1) is 103. The van der Waals surface area contributed by atoms with Gasteiger partial charge in [0.1, 0.15) is 104 Å². The fourth-order valence-corrected chi connectivity index (χ4v) is 14.6. The SMILES string of the molecule is O=C(O)CN1CCN(CC(=O)O)CCN(C(CCC(=O)NCC(=O)Nc2ccc(C(=O)Nc3ccc(C(=O)NCC(=O)Nc4c(Br)c(C(=O)N(C[C@H](O)[C@@H](O)[C@H](O)[C@H](O)CO)C[C@H](O)[C@@H](O)[C@H](O)[C@H](O)CO)c(Br)c(C(=O)N(C[C@H](O)[C@@H](O)[C@H](O)[C@H](O)CO)C[C@H](O)[C@@H](O)[C@H](O)[C@H](O)CO)c4Br)cc3)cc2)C(=O)O)CCN(CC(=O)O)CC1. The first-order valence-corrected chi connectivity index (χ1v) is 38.4. The molecule has 3 aromatic rings. The number of nitrogens with zero attached hydrogens (tertiary/aromatic N) is 6. The van der Waals surface area contributed by atoms with E-state index in [0.29, 0.717) is 9.80 Å². The first-order chi connectivity index (χ1) is 55.4. The van der Waals surface area contributed by atoms with Crippen molar-refractivity contribution in [2.45, 2.75) is 117 Å². The molecule has 0 saturated carbocycles. The van der Waals surface area contributed by atoms with Gasteiger partial charge in [-0.2, -0.15) is 0 Å². The Bertz CT molecular complexity index is 3640. The molecule has 29 N–H and O–H groups in total. The minimum atomic E-state index is -2.49. The lowest BCUT2D eigenvalue weighted by Crippen LogP contribution is -2.54. The summed E-state index contributed by atoms with van der Waals surface area (Å²) < 4.78 is -2.02. The van der Waals surface area contributed by atoms with Crippen LogP contribution in [0.1, 0.15) is 54.3 Å². The number of aliphatic carboxylic acids is 4. The molecule has 17 atom stereocenters. The second-order valence-electron chi connectivity index (χ2n) is 27.3. The van der Waals surface area contributed by atoms with Gasteiger partial charge < -0.3 is 159 Å². The highest BCUT2D eigenvalue weighted by molar-refractivity contribution is 9.11. The summed E-state index contributed by atoms with van der Waals surface area (Å²) >= 11 is 9.42. The van der Waals surface area contributed by atoms with Crippen LogP contribution >= 0.6 is 47.8 Å². The van der Waals surface area contributed by atoms with E-state index in [9.17, 15) is 166 Å². The topological polar surface area (TPSA) is 753 Å². The smallest absolute Gasteiger partial charge is 0.320 e. The summed E-state index contributed by atoms with van der Waals surface area (Å²) in [6, 6.07) is 8.92. The van der Waals surface area contributed by atoms with Crippen LogP contribution in [0.15, 0.2) is 61.9 Å². The summed E-state index contributed by atoms with van der Waals surface area (Å²) in [5.41, 5.74) is -2.39. The molecule has 662 valence electrons. The lowest BCUT2D eigenvalue weighted by Gasteiger charge is -2.35. The molecule has 4 rings (SSSR count). The van der Waals surface area contributed by atoms with E-state index in [-0.39, 0.29) is 81.3 Å². The van der Waals surface area contributed by atoms with Gasteiger partial charge in [0.25, 0.3) is 23.6 Å². The van der Waals surface area contributed by atoms with Crippen molar-refractivity contribution in [2.24, 2.45) is 0 Å². The van der Waals surface area contributed by atoms with E-state index < -0.39 is 291 Å². The number of halogens is 3. The van der Waals surface area contributed by atoms with Crippen LogP contribution in [0, 0.1) is 0 Å². The molecule has 1 aliphatic heterocycles. The Balaban J connectivity index is 1.58. The number of aliphatic hydroxyl groups is 20. The second-order valence-corrected chi connectivity index (χ2v) is 29.7. The Morgan fingerprint density at radius 3 is 0.983 bits per heavy atom. The molecule has 1 unspecified atom stereocenters. The van der Waals surface area contributed by atoms with Crippen molar-refractivity contribution in [1.29, 1.82) is 0 Å². The monoisotopic (exact) mass is 1880 g/mol. The maximum atomic E-state index is 15.2. The zero-order chi connectivity index (χ0) is 88.9. The number of hydrogen-bond acceptors (Lipinski definition) is 35. The summed E-state index contributed by atoms with van der Waals surface area (Å²) in [7, 11) is 0. The molecule has 49 heteroatoms. The Morgan fingerprint density at radius 1 is 0.364 bits per heavy atom. The van der Waals surface area contributed by atoms with Crippen molar-refractivity contribution in [3.05, 3.63) is 84.2 Å². The molecular formula is C69H100Br3N11O35. The number of aliphatic hydroxyl groups excluding tert-OH is 20. The zero-order valence-corrected chi connectivity index (χ0v) is 67.5. The predicted octanol–water partition coefficient (Wildman–Crippen LogP) is -11.0. The van der Waals surface area contributed by atoms with E-state index in [4.69, 9.17) is 0 Å². The standard InChI is InChI=1S/C69H100Br3N11O35/c70-53-51(67(115)82(21-37(88)57(105)61(109)41(92)28-84)22-38(89)58(106)62(110)42(93)29-85)54(71)56(55(72)52(53)68(116)83(23-39(90)59(107)63(111)43(94)30-86)24-40(91)60(108)64(112)44(95)31-87)77-47(98)20-74-65(113)32-1-7-35(8-2-32)76-66(114)33-3-5-34(6-4-33)75-46(97)19-73-45(96)10-9-36(69(117)118)81-17-15-79(26-49(101)102)13-11-78(25-48(99)100)12-14-80(16-18-81)27-50(103)104/h1-8,36-44,57-64,84-95,105-112H,9-31H2,(H,73,96)(H,74,113)(H,75,97)(H,76,114)(H,77,98)(H,99,100)(H,101,102)(H,103,104)(H,117,118)/t36?,37-,38-,39-,40-,41+,42+,43+,44+,57+,58+,59+,60+,61+,62+,63+,64+/m0/s1. The Labute approximate surface area is 696 Å². The number of benzene rings is 3. The highest BCUT2D eigenvalue weighted by Crippen LogP contribution is 2.44. The van der Waals surface area contributed by atoms with Crippen LogP contribution in [-0.4, -0.2) is 459 Å². The fraction of sp³-hybridized carbons (Fsp3) is 0.580. The van der Waals surface area contributed by atoms with E-state index in [1.54, 1.807) is 0 Å². The number of anilines is 3. The summed E-state index contributed by atoms with van der Waals surface area (Å²) in [6.07, 6.45) is -38.5. The summed E-state index contributed by atoms with van der Waals surface area (Å²) in [4.78, 5) is 152. The number of carbonyl (C=O) groups excluding carboxylic acids is 7. The number of carbonyl (C=O) groups is 11. The van der Waals surface area contributed by atoms with Gasteiger partial charge in [-0.25, -0.2) is 0 Å². The maximum Gasteiger partial charge on any atom is 0.320 e. The number of carboxylic acid groups (broad SMARTS) is 4. The van der Waals surface area contributed by atoms with Crippen molar-refractivity contribution in [3.63, 3.8) is 0 Å². The van der Waals surface area contributed by atoms with Gasteiger partial charge in [0.05, 0.1) is 84.9 Å². The van der Waals surface area contributed by atoms with Crippen molar-refractivity contribution in [2.75, 3.05) is 154 Å². The molecule has 7 amide bonds. The fourth-order valence-electron chi connectivity index (χ4n) is 11.7. The molecule has 3 aromatic carbocycles. The largest absolute Gasteiger partial charge is 0.480 e. The predicted molar refractivity (Wildman–Crippen MR) is 414 cm³/mol. The van der Waals surface area contributed by atoms with Gasteiger partial charge >= 0.3 is 23.9 Å². The number of carboxylic acids is 4. The molecule has 0 aromatic heterocycles. The highest BCUT2D eigenvalue weighted by Gasteiger charge is 2.42. The lowest BCUT2D eigenvalue weighted by molar-refractivity contribution is -0.145. The van der Waals surface area contributed by atoms with Crippen LogP contribution in [0.25, 0.3) is 0 Å². The van der Waals surface area contributed by atoms with Crippen LogP contribution in [0.3, 0.4) is 0 Å². The molecule has 0 radical (unpaired) electrons. The molecule has 1 heterocycles. The summed E-state index contributed by atoms with van der Waals surface area (Å²) in [5.74, 6) is -12.4. The van der Waals surface area contributed by atoms with E-state index in [2.05, 4.69) is 74.4 Å². The second kappa shape index (κ2) is 49.9. The minimum absolute atomic E-state index is 0.00443. The van der Waals surface area contributed by atoms with E-state index in [0.717, 1.165) is 0 Å². The van der Waals surface area contributed by atoms with Gasteiger partial charge in [-0.1, -0.05) is 0 Å².